The normalized spacial score (nSPS) is 10.7. The monoisotopic (exact) mass is 391 g/mol. The van der Waals surface area contributed by atoms with Gasteiger partial charge in [0.2, 0.25) is 11.1 Å². The maximum Gasteiger partial charge on any atom is 0.234 e. The number of aromatic nitrogens is 3. The largest absolute Gasteiger partial charge is 0.335 e. The van der Waals surface area contributed by atoms with Crippen LogP contribution in [0.5, 0.6) is 0 Å². The summed E-state index contributed by atoms with van der Waals surface area (Å²) in [4.78, 5) is 12.2. The minimum atomic E-state index is -0.393. The molecular formula is C17H15ClFN5OS. The van der Waals surface area contributed by atoms with Crippen LogP contribution >= 0.6 is 23.4 Å². The second-order valence-corrected chi connectivity index (χ2v) is 6.79. The lowest BCUT2D eigenvalue weighted by molar-refractivity contribution is -0.113. The fraction of sp³-hybridized carbons (Fsp3) is 0.118. The van der Waals surface area contributed by atoms with Crippen LogP contribution in [0.15, 0.2) is 47.6 Å². The van der Waals surface area contributed by atoms with Crippen molar-refractivity contribution in [2.75, 3.05) is 16.9 Å². The number of nitrogens with one attached hydrogen (secondary N) is 1. The molecule has 0 aliphatic heterocycles. The summed E-state index contributed by atoms with van der Waals surface area (Å²) in [6.07, 6.45) is 0. The fourth-order valence-corrected chi connectivity index (χ4v) is 3.09. The molecule has 0 aliphatic rings. The van der Waals surface area contributed by atoms with Gasteiger partial charge in [-0.2, -0.15) is 0 Å². The lowest BCUT2D eigenvalue weighted by Gasteiger charge is -2.09. The van der Waals surface area contributed by atoms with E-state index in [1.165, 1.54) is 16.8 Å². The summed E-state index contributed by atoms with van der Waals surface area (Å²) >= 11 is 7.17. The summed E-state index contributed by atoms with van der Waals surface area (Å²) in [5.41, 5.74) is 1.95. The van der Waals surface area contributed by atoms with Crippen molar-refractivity contribution in [1.82, 2.24) is 14.9 Å². The van der Waals surface area contributed by atoms with Crippen molar-refractivity contribution in [3.05, 3.63) is 58.9 Å². The highest BCUT2D eigenvalue weighted by molar-refractivity contribution is 7.99. The molecule has 0 unspecified atom stereocenters. The summed E-state index contributed by atoms with van der Waals surface area (Å²) in [7, 11) is 0. The van der Waals surface area contributed by atoms with E-state index in [2.05, 4.69) is 15.5 Å². The van der Waals surface area contributed by atoms with Gasteiger partial charge in [-0.1, -0.05) is 41.6 Å². The van der Waals surface area contributed by atoms with Crippen LogP contribution < -0.4 is 11.2 Å². The third kappa shape index (κ3) is 3.97. The summed E-state index contributed by atoms with van der Waals surface area (Å²) < 4.78 is 14.6. The number of carbonyl (C=O) groups excluding carboxylic acids is 1. The molecule has 0 radical (unpaired) electrons. The molecule has 0 bridgehead atoms. The van der Waals surface area contributed by atoms with Crippen LogP contribution in [0, 0.1) is 12.7 Å². The Balaban J connectivity index is 1.67. The molecule has 1 aromatic heterocycles. The van der Waals surface area contributed by atoms with Crippen molar-refractivity contribution < 1.29 is 9.18 Å². The third-order valence-electron chi connectivity index (χ3n) is 3.62. The third-order valence-corrected chi connectivity index (χ3v) is 4.97. The Morgan fingerprint density at radius 1 is 1.31 bits per heavy atom. The van der Waals surface area contributed by atoms with Crippen LogP contribution in [0.25, 0.3) is 11.4 Å². The molecule has 0 saturated carbocycles. The van der Waals surface area contributed by atoms with Crippen LogP contribution in [0.1, 0.15) is 5.56 Å². The fourth-order valence-electron chi connectivity index (χ4n) is 2.26. The predicted molar refractivity (Wildman–Crippen MR) is 101 cm³/mol. The molecular weight excluding hydrogens is 377 g/mol. The first-order valence-electron chi connectivity index (χ1n) is 7.60. The van der Waals surface area contributed by atoms with Gasteiger partial charge >= 0.3 is 0 Å². The smallest absolute Gasteiger partial charge is 0.234 e. The van der Waals surface area contributed by atoms with Crippen LogP contribution in [-0.2, 0) is 4.79 Å². The highest BCUT2D eigenvalue weighted by Gasteiger charge is 2.15. The minimum Gasteiger partial charge on any atom is -0.335 e. The van der Waals surface area contributed by atoms with Gasteiger partial charge in [0.15, 0.2) is 5.82 Å². The van der Waals surface area contributed by atoms with E-state index in [0.29, 0.717) is 27.3 Å². The lowest BCUT2D eigenvalue weighted by Crippen LogP contribution is -2.17. The summed E-state index contributed by atoms with van der Waals surface area (Å²) in [6.45, 7) is 1.83. The Labute approximate surface area is 158 Å². The molecule has 6 nitrogen and oxygen atoms in total. The van der Waals surface area contributed by atoms with E-state index in [4.69, 9.17) is 17.4 Å². The van der Waals surface area contributed by atoms with Gasteiger partial charge in [-0.15, -0.1) is 10.2 Å². The van der Waals surface area contributed by atoms with E-state index in [-0.39, 0.29) is 11.7 Å². The molecule has 26 heavy (non-hydrogen) atoms. The number of halogens is 2. The van der Waals surface area contributed by atoms with Crippen LogP contribution in [0.4, 0.5) is 10.1 Å². The Hall–Kier alpha value is -2.58. The number of hydrogen-bond acceptors (Lipinski definition) is 5. The van der Waals surface area contributed by atoms with Gasteiger partial charge in [-0.3, -0.25) is 4.79 Å². The second-order valence-electron chi connectivity index (χ2n) is 5.44. The van der Waals surface area contributed by atoms with Crippen LogP contribution in [0.2, 0.25) is 5.02 Å². The molecule has 3 rings (SSSR count). The highest BCUT2D eigenvalue weighted by atomic mass is 35.5. The molecule has 1 amide bonds. The van der Waals surface area contributed by atoms with Gasteiger partial charge in [-0.25, -0.2) is 9.07 Å². The van der Waals surface area contributed by atoms with E-state index < -0.39 is 5.82 Å². The Bertz CT molecular complexity index is 962. The van der Waals surface area contributed by atoms with E-state index in [1.54, 1.807) is 30.3 Å². The van der Waals surface area contributed by atoms with Crippen molar-refractivity contribution >= 4 is 35.0 Å². The average molecular weight is 392 g/mol. The highest BCUT2D eigenvalue weighted by Crippen LogP contribution is 2.24. The number of nitrogens with zero attached hydrogens (tertiary/aromatic N) is 3. The van der Waals surface area contributed by atoms with Crippen LogP contribution in [0.3, 0.4) is 0 Å². The summed E-state index contributed by atoms with van der Waals surface area (Å²) in [6, 6.07) is 11.2. The molecule has 2 aromatic carbocycles. The van der Waals surface area contributed by atoms with Gasteiger partial charge < -0.3 is 11.2 Å². The second kappa shape index (κ2) is 7.76. The zero-order valence-corrected chi connectivity index (χ0v) is 15.3. The zero-order valence-electron chi connectivity index (χ0n) is 13.7. The van der Waals surface area contributed by atoms with E-state index in [1.807, 2.05) is 6.92 Å². The zero-order chi connectivity index (χ0) is 18.7. The molecule has 3 N–H and O–H groups in total. The van der Waals surface area contributed by atoms with Gasteiger partial charge in [0.25, 0.3) is 0 Å². The first-order chi connectivity index (χ1) is 12.5. The number of nitrogen functional groups attached to an aromatic ring is 1. The first-order valence-corrected chi connectivity index (χ1v) is 8.96. The maximum absolute atomic E-state index is 13.3. The number of amides is 1. The molecule has 1 heterocycles. The van der Waals surface area contributed by atoms with Crippen molar-refractivity contribution in [1.29, 1.82) is 0 Å². The van der Waals surface area contributed by atoms with Crippen molar-refractivity contribution in [2.24, 2.45) is 0 Å². The Morgan fingerprint density at radius 2 is 2.08 bits per heavy atom. The maximum atomic E-state index is 13.3. The van der Waals surface area contributed by atoms with E-state index in [9.17, 15) is 9.18 Å². The molecule has 9 heteroatoms. The number of thioether (sulfide) groups is 1. The molecule has 0 atom stereocenters. The number of carbonyl (C=O) groups is 1. The predicted octanol–water partition coefficient (Wildman–Crippen LogP) is 3.49. The standard InChI is InChI=1S/C17H15ClFN5OS/c1-10-13(18)6-3-7-14(10)21-15(25)9-26-17-23-22-16(24(17)20)11-4-2-5-12(19)8-11/h2-8H,9,20H2,1H3,(H,21,25). The Kier molecular flexibility index (Phi) is 5.43. The summed E-state index contributed by atoms with van der Waals surface area (Å²) in [5, 5.41) is 11.7. The molecule has 0 spiro atoms. The lowest BCUT2D eigenvalue weighted by atomic mass is 10.2. The SMILES string of the molecule is Cc1c(Cl)cccc1NC(=O)CSc1nnc(-c2cccc(F)c2)n1N. The van der Waals surface area contributed by atoms with Crippen molar-refractivity contribution in [3.8, 4) is 11.4 Å². The van der Waals surface area contributed by atoms with Crippen molar-refractivity contribution in [3.63, 3.8) is 0 Å². The quantitative estimate of drug-likeness (QED) is 0.513. The van der Waals surface area contributed by atoms with Gasteiger partial charge in [0, 0.05) is 16.3 Å². The van der Waals surface area contributed by atoms with Gasteiger partial charge in [0.1, 0.15) is 5.82 Å². The summed E-state index contributed by atoms with van der Waals surface area (Å²) in [5.74, 6) is 5.75. The van der Waals surface area contributed by atoms with E-state index >= 15 is 0 Å². The number of hydrogen-bond donors (Lipinski definition) is 2. The first kappa shape index (κ1) is 18.2. The molecule has 0 saturated heterocycles. The van der Waals surface area contributed by atoms with Gasteiger partial charge in [-0.05, 0) is 36.8 Å². The Morgan fingerprint density at radius 3 is 2.85 bits per heavy atom. The number of anilines is 1. The van der Waals surface area contributed by atoms with Gasteiger partial charge in [0.05, 0.1) is 5.75 Å². The number of rotatable bonds is 5. The molecule has 0 aliphatic carbocycles. The molecule has 3 aromatic rings. The average Bonchev–Trinajstić information content (AvgIpc) is 2.98. The minimum absolute atomic E-state index is 0.0877. The topological polar surface area (TPSA) is 85.8 Å². The van der Waals surface area contributed by atoms with Crippen molar-refractivity contribution in [2.45, 2.75) is 12.1 Å². The number of nitrogens with two attached hydrogens (primary N) is 1. The van der Waals surface area contributed by atoms with Crippen LogP contribution in [-0.4, -0.2) is 26.5 Å². The van der Waals surface area contributed by atoms with E-state index in [0.717, 1.165) is 17.3 Å². The molecule has 134 valence electrons. The molecule has 0 fully saturated rings. The number of benzene rings is 2.